The van der Waals surface area contributed by atoms with Gasteiger partial charge >= 0.3 is 0 Å². The first-order valence-corrected chi connectivity index (χ1v) is 8.25. The van der Waals surface area contributed by atoms with Crippen molar-refractivity contribution in [3.63, 3.8) is 0 Å². The number of rotatable bonds is 7. The summed E-state index contributed by atoms with van der Waals surface area (Å²) in [5.41, 5.74) is 4.20. The van der Waals surface area contributed by atoms with E-state index in [0.29, 0.717) is 11.3 Å². The molecule has 0 spiro atoms. The number of benzene rings is 1. The summed E-state index contributed by atoms with van der Waals surface area (Å²) in [6.45, 7) is 9.55. The van der Waals surface area contributed by atoms with E-state index in [-0.39, 0.29) is 0 Å². The van der Waals surface area contributed by atoms with E-state index in [2.05, 4.69) is 44.3 Å². The van der Waals surface area contributed by atoms with Crippen LogP contribution in [0.5, 0.6) is 0 Å². The molecule has 1 aromatic carbocycles. The third-order valence-electron chi connectivity index (χ3n) is 3.56. The highest BCUT2D eigenvalue weighted by Crippen LogP contribution is 2.27. The second-order valence-electron chi connectivity index (χ2n) is 5.36. The van der Waals surface area contributed by atoms with Gasteiger partial charge in [-0.25, -0.2) is 0 Å². The lowest BCUT2D eigenvalue weighted by atomic mass is 10.00. The van der Waals surface area contributed by atoms with Gasteiger partial charge in [0.15, 0.2) is 0 Å². The van der Waals surface area contributed by atoms with Crippen LogP contribution in [0.1, 0.15) is 36.1 Å². The van der Waals surface area contributed by atoms with Crippen molar-refractivity contribution in [1.29, 1.82) is 0 Å². The molecule has 2 rings (SSSR count). The van der Waals surface area contributed by atoms with Gasteiger partial charge in [-0.05, 0) is 37.9 Å². The lowest BCUT2D eigenvalue weighted by Crippen LogP contribution is -2.33. The van der Waals surface area contributed by atoms with Crippen LogP contribution in [-0.4, -0.2) is 30.8 Å². The Morgan fingerprint density at radius 1 is 1.37 bits per heavy atom. The summed E-state index contributed by atoms with van der Waals surface area (Å²) < 4.78 is 5.26. The third kappa shape index (κ3) is 4.23. The van der Waals surface area contributed by atoms with Crippen molar-refractivity contribution in [1.82, 2.24) is 5.32 Å². The number of hydrogen-bond donors (Lipinski definition) is 1. The molecule has 0 bridgehead atoms. The zero-order chi connectivity index (χ0) is 13.7. The molecule has 1 heterocycles. The summed E-state index contributed by atoms with van der Waals surface area (Å²) in [5.74, 6) is 1.14. The molecule has 1 N–H and O–H groups in total. The lowest BCUT2D eigenvalue weighted by Gasteiger charge is -2.28. The van der Waals surface area contributed by atoms with E-state index in [1.807, 2.05) is 11.8 Å². The number of aryl methyl sites for hydroxylation is 2. The Morgan fingerprint density at radius 2 is 2.16 bits per heavy atom. The predicted molar refractivity (Wildman–Crippen MR) is 84.0 cm³/mol. The molecule has 2 nitrogen and oxygen atoms in total. The molecule has 106 valence electrons. The van der Waals surface area contributed by atoms with E-state index in [9.17, 15) is 0 Å². The highest BCUT2D eigenvalue weighted by Gasteiger charge is 2.21. The van der Waals surface area contributed by atoms with E-state index in [0.717, 1.165) is 25.5 Å². The van der Waals surface area contributed by atoms with Crippen LogP contribution in [0.3, 0.4) is 0 Å². The Morgan fingerprint density at radius 3 is 2.79 bits per heavy atom. The molecule has 1 saturated heterocycles. The fraction of sp³-hybridized carbons (Fsp3) is 0.625. The maximum absolute atomic E-state index is 5.26. The number of hydrogen-bond acceptors (Lipinski definition) is 3. The predicted octanol–water partition coefficient (Wildman–Crippen LogP) is 3.48. The summed E-state index contributed by atoms with van der Waals surface area (Å²) in [5, 5.41) is 4.40. The van der Waals surface area contributed by atoms with Crippen LogP contribution in [0.4, 0.5) is 0 Å². The molecule has 0 radical (unpaired) electrons. The molecule has 1 aromatic rings. The van der Waals surface area contributed by atoms with E-state index in [4.69, 9.17) is 4.74 Å². The minimum Gasteiger partial charge on any atom is -0.379 e. The van der Waals surface area contributed by atoms with Crippen molar-refractivity contribution < 1.29 is 4.74 Å². The Balaban J connectivity index is 2.03. The van der Waals surface area contributed by atoms with Crippen molar-refractivity contribution in [2.45, 2.75) is 38.5 Å². The van der Waals surface area contributed by atoms with Gasteiger partial charge in [0, 0.05) is 11.8 Å². The fourth-order valence-electron chi connectivity index (χ4n) is 2.26. The molecule has 0 aliphatic carbocycles. The molecule has 1 aliphatic rings. The van der Waals surface area contributed by atoms with Crippen LogP contribution < -0.4 is 5.32 Å². The molecule has 19 heavy (non-hydrogen) atoms. The van der Waals surface area contributed by atoms with Crippen molar-refractivity contribution in [3.05, 3.63) is 34.9 Å². The molecule has 1 fully saturated rings. The Labute approximate surface area is 121 Å². The average Bonchev–Trinajstić information content (AvgIpc) is 2.34. The molecule has 1 atom stereocenters. The number of nitrogens with one attached hydrogen (secondary N) is 1. The van der Waals surface area contributed by atoms with Crippen LogP contribution in [0.2, 0.25) is 0 Å². The third-order valence-corrected chi connectivity index (χ3v) is 4.83. The average molecular weight is 279 g/mol. The molecule has 1 unspecified atom stereocenters. The van der Waals surface area contributed by atoms with E-state index in [1.54, 1.807) is 0 Å². The van der Waals surface area contributed by atoms with Crippen molar-refractivity contribution >= 4 is 11.8 Å². The molecule has 0 aromatic heterocycles. The normalized spacial score (nSPS) is 17.2. The Hall–Kier alpha value is -0.510. The first-order chi connectivity index (χ1) is 9.20. The topological polar surface area (TPSA) is 21.3 Å². The van der Waals surface area contributed by atoms with Crippen molar-refractivity contribution in [2.24, 2.45) is 0 Å². The SMILES string of the molecule is CCCNC(CSC1COC1)c1cc(C)ccc1C. The molecule has 3 heteroatoms. The highest BCUT2D eigenvalue weighted by molar-refractivity contribution is 8.00. The van der Waals surface area contributed by atoms with Crippen molar-refractivity contribution in [3.8, 4) is 0 Å². The monoisotopic (exact) mass is 279 g/mol. The molecular formula is C16H25NOS. The van der Waals surface area contributed by atoms with Gasteiger partial charge in [-0.2, -0.15) is 11.8 Å². The first kappa shape index (κ1) is 14.9. The minimum atomic E-state index is 0.463. The van der Waals surface area contributed by atoms with Gasteiger partial charge in [0.05, 0.1) is 18.5 Å². The van der Waals surface area contributed by atoms with Crippen LogP contribution >= 0.6 is 11.8 Å². The van der Waals surface area contributed by atoms with E-state index < -0.39 is 0 Å². The summed E-state index contributed by atoms with van der Waals surface area (Å²) in [6.07, 6.45) is 1.18. The maximum atomic E-state index is 5.26. The Kier molecular flexibility index (Phi) is 5.74. The van der Waals surface area contributed by atoms with Crippen LogP contribution in [-0.2, 0) is 4.74 Å². The zero-order valence-electron chi connectivity index (χ0n) is 12.2. The van der Waals surface area contributed by atoms with Crippen LogP contribution in [0, 0.1) is 13.8 Å². The maximum Gasteiger partial charge on any atom is 0.0607 e. The molecular weight excluding hydrogens is 254 g/mol. The molecule has 0 saturated carbocycles. The Bertz CT molecular complexity index is 404. The quantitative estimate of drug-likeness (QED) is 0.825. The van der Waals surface area contributed by atoms with Gasteiger partial charge in [-0.1, -0.05) is 30.7 Å². The second kappa shape index (κ2) is 7.32. The van der Waals surface area contributed by atoms with Crippen LogP contribution in [0.25, 0.3) is 0 Å². The van der Waals surface area contributed by atoms with Gasteiger partial charge < -0.3 is 10.1 Å². The second-order valence-corrected chi connectivity index (χ2v) is 6.69. The smallest absolute Gasteiger partial charge is 0.0607 e. The van der Waals surface area contributed by atoms with Gasteiger partial charge in [-0.15, -0.1) is 0 Å². The lowest BCUT2D eigenvalue weighted by molar-refractivity contribution is 0.0455. The summed E-state index contributed by atoms with van der Waals surface area (Å²) >= 11 is 2.04. The largest absolute Gasteiger partial charge is 0.379 e. The van der Waals surface area contributed by atoms with Crippen LogP contribution in [0.15, 0.2) is 18.2 Å². The van der Waals surface area contributed by atoms with Gasteiger partial charge in [-0.3, -0.25) is 0 Å². The minimum absolute atomic E-state index is 0.463. The highest BCUT2D eigenvalue weighted by atomic mass is 32.2. The number of ether oxygens (including phenoxy) is 1. The van der Waals surface area contributed by atoms with Gasteiger partial charge in [0.25, 0.3) is 0 Å². The summed E-state index contributed by atoms with van der Waals surface area (Å²) in [6, 6.07) is 7.23. The first-order valence-electron chi connectivity index (χ1n) is 7.20. The van der Waals surface area contributed by atoms with Gasteiger partial charge in [0.1, 0.15) is 0 Å². The van der Waals surface area contributed by atoms with E-state index >= 15 is 0 Å². The summed E-state index contributed by atoms with van der Waals surface area (Å²) in [4.78, 5) is 0. The molecule has 0 amide bonds. The fourth-order valence-corrected chi connectivity index (χ4v) is 3.40. The summed E-state index contributed by atoms with van der Waals surface area (Å²) in [7, 11) is 0. The van der Waals surface area contributed by atoms with E-state index in [1.165, 1.54) is 23.1 Å². The van der Waals surface area contributed by atoms with Gasteiger partial charge in [0.2, 0.25) is 0 Å². The standard InChI is InChI=1S/C16H25NOS/c1-4-7-17-16(11-19-14-9-18-10-14)15-8-12(2)5-6-13(15)3/h5-6,8,14,16-17H,4,7,9-11H2,1-3H3. The number of thioether (sulfide) groups is 1. The zero-order valence-corrected chi connectivity index (χ0v) is 13.1. The molecule has 1 aliphatic heterocycles. The van der Waals surface area contributed by atoms with Crippen molar-refractivity contribution in [2.75, 3.05) is 25.5 Å².